The van der Waals surface area contributed by atoms with Crippen molar-refractivity contribution in [1.82, 2.24) is 10.3 Å². The van der Waals surface area contributed by atoms with Gasteiger partial charge in [0.05, 0.1) is 0 Å². The molecule has 2 nitrogen and oxygen atoms in total. The Morgan fingerprint density at radius 1 is 1.46 bits per heavy atom. The van der Waals surface area contributed by atoms with Crippen LogP contribution in [-0.4, -0.2) is 11.5 Å². The molecule has 1 aliphatic carbocycles. The number of aromatic amines is 1. The summed E-state index contributed by atoms with van der Waals surface area (Å²) in [4.78, 5) is 3.19. The maximum atomic E-state index is 3.44. The molecule has 0 unspecified atom stereocenters. The minimum Gasteiger partial charge on any atom is -0.364 e. The van der Waals surface area contributed by atoms with Crippen molar-refractivity contribution < 1.29 is 0 Å². The van der Waals surface area contributed by atoms with Gasteiger partial charge < -0.3 is 10.3 Å². The molecular weight excluding hydrogens is 160 g/mol. The zero-order valence-corrected chi connectivity index (χ0v) is 8.05. The van der Waals surface area contributed by atoms with E-state index in [2.05, 4.69) is 16.4 Å². The minimum absolute atomic E-state index is 0.984. The standard InChI is InChI=1S/C11H18N2/c1(3-10-5-6-10)7-12-9-11-4-2-8-13-11/h2,4,8,10,12-13H,1,3,5-7,9H2. The zero-order valence-electron chi connectivity index (χ0n) is 8.05. The Kier molecular flexibility index (Phi) is 3.03. The fourth-order valence-corrected chi connectivity index (χ4v) is 1.62. The monoisotopic (exact) mass is 178 g/mol. The first-order valence-electron chi connectivity index (χ1n) is 5.28. The smallest absolute Gasteiger partial charge is 0.0357 e. The molecule has 0 amide bonds. The van der Waals surface area contributed by atoms with E-state index in [1.807, 2.05) is 12.3 Å². The van der Waals surface area contributed by atoms with Crippen LogP contribution in [0.2, 0.25) is 0 Å². The van der Waals surface area contributed by atoms with Crippen molar-refractivity contribution in [2.24, 2.45) is 5.92 Å². The van der Waals surface area contributed by atoms with Gasteiger partial charge in [-0.15, -0.1) is 0 Å². The largest absolute Gasteiger partial charge is 0.364 e. The second-order valence-corrected chi connectivity index (χ2v) is 3.96. The summed E-state index contributed by atoms with van der Waals surface area (Å²) in [5, 5.41) is 3.44. The summed E-state index contributed by atoms with van der Waals surface area (Å²) in [6.45, 7) is 2.15. The molecule has 2 rings (SSSR count). The first kappa shape index (κ1) is 8.82. The van der Waals surface area contributed by atoms with E-state index in [1.54, 1.807) is 0 Å². The number of nitrogens with one attached hydrogen (secondary N) is 2. The van der Waals surface area contributed by atoms with Gasteiger partial charge in [0.25, 0.3) is 0 Å². The third-order valence-corrected chi connectivity index (χ3v) is 2.64. The second-order valence-electron chi connectivity index (χ2n) is 3.96. The lowest BCUT2D eigenvalue weighted by molar-refractivity contribution is 0.590. The van der Waals surface area contributed by atoms with Gasteiger partial charge in [-0.1, -0.05) is 12.8 Å². The normalized spacial score (nSPS) is 16.3. The molecule has 2 N–H and O–H groups in total. The molecule has 1 fully saturated rings. The van der Waals surface area contributed by atoms with Gasteiger partial charge in [0.15, 0.2) is 0 Å². The van der Waals surface area contributed by atoms with Gasteiger partial charge in [-0.3, -0.25) is 0 Å². The summed E-state index contributed by atoms with van der Waals surface area (Å²) >= 11 is 0. The van der Waals surface area contributed by atoms with E-state index in [0.717, 1.165) is 19.0 Å². The topological polar surface area (TPSA) is 27.8 Å². The van der Waals surface area contributed by atoms with E-state index in [1.165, 1.54) is 31.4 Å². The van der Waals surface area contributed by atoms with Crippen LogP contribution in [0.3, 0.4) is 0 Å². The van der Waals surface area contributed by atoms with E-state index in [4.69, 9.17) is 0 Å². The maximum absolute atomic E-state index is 3.44. The minimum atomic E-state index is 0.984. The van der Waals surface area contributed by atoms with E-state index < -0.39 is 0 Å². The summed E-state index contributed by atoms with van der Waals surface area (Å²) < 4.78 is 0. The molecule has 1 heterocycles. The predicted molar refractivity (Wildman–Crippen MR) is 54.5 cm³/mol. The highest BCUT2D eigenvalue weighted by atomic mass is 14.9. The highest BCUT2D eigenvalue weighted by Crippen LogP contribution is 2.33. The van der Waals surface area contributed by atoms with Gasteiger partial charge in [0, 0.05) is 18.4 Å². The molecule has 0 spiro atoms. The van der Waals surface area contributed by atoms with Gasteiger partial charge in [-0.2, -0.15) is 0 Å². The van der Waals surface area contributed by atoms with Crippen LogP contribution in [0.1, 0.15) is 31.4 Å². The Morgan fingerprint density at radius 2 is 2.38 bits per heavy atom. The van der Waals surface area contributed by atoms with Crippen LogP contribution in [0.5, 0.6) is 0 Å². The lowest BCUT2D eigenvalue weighted by Gasteiger charge is -2.02. The number of hydrogen-bond donors (Lipinski definition) is 2. The van der Waals surface area contributed by atoms with E-state index in [0.29, 0.717) is 0 Å². The van der Waals surface area contributed by atoms with Gasteiger partial charge in [-0.25, -0.2) is 0 Å². The van der Waals surface area contributed by atoms with Crippen LogP contribution < -0.4 is 5.32 Å². The zero-order chi connectivity index (χ0) is 8.93. The molecule has 0 saturated heterocycles. The Bertz CT molecular complexity index is 224. The molecule has 72 valence electrons. The average Bonchev–Trinajstić information content (AvgIpc) is 2.81. The lowest BCUT2D eigenvalue weighted by atomic mass is 10.2. The first-order valence-corrected chi connectivity index (χ1v) is 5.28. The average molecular weight is 178 g/mol. The Balaban J connectivity index is 1.48. The highest BCUT2D eigenvalue weighted by molar-refractivity contribution is 5.02. The maximum Gasteiger partial charge on any atom is 0.0357 e. The fraction of sp³-hybridized carbons (Fsp3) is 0.636. The Hall–Kier alpha value is -0.760. The van der Waals surface area contributed by atoms with Crippen LogP contribution in [0.15, 0.2) is 18.3 Å². The fourth-order valence-electron chi connectivity index (χ4n) is 1.62. The molecule has 0 aromatic carbocycles. The molecule has 0 atom stereocenters. The molecule has 0 bridgehead atoms. The molecular formula is C11H18N2. The quantitative estimate of drug-likeness (QED) is 0.643. The number of H-pyrrole nitrogens is 1. The van der Waals surface area contributed by atoms with Crippen molar-refractivity contribution in [3.63, 3.8) is 0 Å². The summed E-state index contributed by atoms with van der Waals surface area (Å²) in [6, 6.07) is 4.16. The number of rotatable bonds is 6. The molecule has 1 aromatic heterocycles. The summed E-state index contributed by atoms with van der Waals surface area (Å²) in [7, 11) is 0. The summed E-state index contributed by atoms with van der Waals surface area (Å²) in [5.41, 5.74) is 1.28. The highest BCUT2D eigenvalue weighted by Gasteiger charge is 2.19. The molecule has 0 aliphatic heterocycles. The van der Waals surface area contributed by atoms with Crippen LogP contribution in [0, 0.1) is 5.92 Å². The molecule has 0 radical (unpaired) electrons. The first-order chi connectivity index (χ1) is 6.45. The Labute approximate surface area is 79.7 Å². The van der Waals surface area contributed by atoms with E-state index in [-0.39, 0.29) is 0 Å². The van der Waals surface area contributed by atoms with Crippen molar-refractivity contribution in [3.05, 3.63) is 24.0 Å². The van der Waals surface area contributed by atoms with Gasteiger partial charge in [-0.05, 0) is 37.4 Å². The number of hydrogen-bond acceptors (Lipinski definition) is 1. The molecule has 1 aliphatic rings. The van der Waals surface area contributed by atoms with Crippen LogP contribution >= 0.6 is 0 Å². The van der Waals surface area contributed by atoms with Crippen molar-refractivity contribution >= 4 is 0 Å². The lowest BCUT2D eigenvalue weighted by Crippen LogP contribution is -2.14. The van der Waals surface area contributed by atoms with E-state index in [9.17, 15) is 0 Å². The summed E-state index contributed by atoms with van der Waals surface area (Å²) in [6.07, 6.45) is 7.71. The van der Waals surface area contributed by atoms with Crippen LogP contribution in [-0.2, 0) is 6.54 Å². The van der Waals surface area contributed by atoms with E-state index >= 15 is 0 Å². The predicted octanol–water partition coefficient (Wildman–Crippen LogP) is 2.29. The molecule has 1 saturated carbocycles. The third-order valence-electron chi connectivity index (χ3n) is 2.64. The van der Waals surface area contributed by atoms with Crippen molar-refractivity contribution in [1.29, 1.82) is 0 Å². The van der Waals surface area contributed by atoms with Crippen LogP contribution in [0.25, 0.3) is 0 Å². The molecule has 13 heavy (non-hydrogen) atoms. The van der Waals surface area contributed by atoms with Gasteiger partial charge in [0.1, 0.15) is 0 Å². The van der Waals surface area contributed by atoms with Crippen molar-refractivity contribution in [2.45, 2.75) is 32.2 Å². The third kappa shape index (κ3) is 3.23. The van der Waals surface area contributed by atoms with Gasteiger partial charge in [0.2, 0.25) is 0 Å². The van der Waals surface area contributed by atoms with Crippen molar-refractivity contribution in [3.8, 4) is 0 Å². The van der Waals surface area contributed by atoms with Crippen LogP contribution in [0.4, 0.5) is 0 Å². The SMILES string of the molecule is c1c[nH]c(CNCCCC2CC2)c1. The van der Waals surface area contributed by atoms with Gasteiger partial charge >= 0.3 is 0 Å². The summed E-state index contributed by atoms with van der Waals surface area (Å²) in [5.74, 6) is 1.08. The molecule has 2 heteroatoms. The second kappa shape index (κ2) is 4.47. The Morgan fingerprint density at radius 3 is 3.08 bits per heavy atom. The van der Waals surface area contributed by atoms with Crippen molar-refractivity contribution in [2.75, 3.05) is 6.54 Å². The number of aromatic nitrogens is 1. The molecule has 1 aromatic rings.